The number of halogens is 1. The molecule has 21 heavy (non-hydrogen) atoms. The Labute approximate surface area is 132 Å². The van der Waals surface area contributed by atoms with Crippen molar-refractivity contribution >= 4 is 17.5 Å². The highest BCUT2D eigenvalue weighted by molar-refractivity contribution is 6.30. The first-order chi connectivity index (χ1) is 9.81. The van der Waals surface area contributed by atoms with Crippen LogP contribution in [0.25, 0.3) is 0 Å². The van der Waals surface area contributed by atoms with E-state index in [1.807, 2.05) is 20.8 Å². The number of rotatable bonds is 8. The van der Waals surface area contributed by atoms with Crippen molar-refractivity contribution < 1.29 is 4.79 Å². The van der Waals surface area contributed by atoms with Gasteiger partial charge in [-0.3, -0.25) is 4.79 Å². The first kappa shape index (κ1) is 18.0. The lowest BCUT2D eigenvalue weighted by molar-refractivity contribution is -0.122. The molecule has 120 valence electrons. The number of aromatic nitrogens is 2. The summed E-state index contributed by atoms with van der Waals surface area (Å²) in [7, 11) is 0. The van der Waals surface area contributed by atoms with E-state index in [1.54, 1.807) is 0 Å². The number of aryl methyl sites for hydroxylation is 1. The maximum Gasteiger partial charge on any atom is 0.221 e. The highest BCUT2D eigenvalue weighted by Gasteiger charge is 2.13. The SMILES string of the molecule is CCCCc1nc(Cl)c(CNCCC(=O)NC(C)(C)C)[nH]1. The Bertz CT molecular complexity index is 451. The summed E-state index contributed by atoms with van der Waals surface area (Å²) in [5, 5.41) is 6.66. The molecule has 0 fully saturated rings. The molecule has 1 aromatic rings. The number of imidazole rings is 1. The Morgan fingerprint density at radius 1 is 1.38 bits per heavy atom. The van der Waals surface area contributed by atoms with Gasteiger partial charge in [0.2, 0.25) is 5.91 Å². The molecule has 1 rings (SSSR count). The number of hydrogen-bond acceptors (Lipinski definition) is 3. The zero-order chi connectivity index (χ0) is 15.9. The van der Waals surface area contributed by atoms with E-state index in [0.29, 0.717) is 24.7 Å². The van der Waals surface area contributed by atoms with Crippen LogP contribution in [0.1, 0.15) is 58.5 Å². The predicted octanol–water partition coefficient (Wildman–Crippen LogP) is 2.80. The zero-order valence-corrected chi connectivity index (χ0v) is 14.2. The van der Waals surface area contributed by atoms with Crippen LogP contribution >= 0.6 is 11.6 Å². The van der Waals surface area contributed by atoms with E-state index >= 15 is 0 Å². The zero-order valence-electron chi connectivity index (χ0n) is 13.5. The van der Waals surface area contributed by atoms with Crippen molar-refractivity contribution in [1.29, 1.82) is 0 Å². The monoisotopic (exact) mass is 314 g/mol. The minimum atomic E-state index is -0.183. The second kappa shape index (κ2) is 8.39. The quantitative estimate of drug-likeness (QED) is 0.646. The highest BCUT2D eigenvalue weighted by Crippen LogP contribution is 2.13. The third kappa shape index (κ3) is 7.48. The van der Waals surface area contributed by atoms with Crippen LogP contribution in [0.3, 0.4) is 0 Å². The lowest BCUT2D eigenvalue weighted by atomic mass is 10.1. The summed E-state index contributed by atoms with van der Waals surface area (Å²) in [6.07, 6.45) is 3.61. The molecule has 1 aromatic heterocycles. The number of unbranched alkanes of at least 4 members (excludes halogenated alkanes) is 1. The van der Waals surface area contributed by atoms with Gasteiger partial charge in [0.05, 0.1) is 5.69 Å². The summed E-state index contributed by atoms with van der Waals surface area (Å²) < 4.78 is 0. The van der Waals surface area contributed by atoms with Crippen LogP contribution in [0.15, 0.2) is 0 Å². The van der Waals surface area contributed by atoms with E-state index in [-0.39, 0.29) is 11.4 Å². The molecule has 0 aromatic carbocycles. The molecule has 3 N–H and O–H groups in total. The number of amides is 1. The van der Waals surface area contributed by atoms with Crippen molar-refractivity contribution in [3.8, 4) is 0 Å². The fraction of sp³-hybridized carbons (Fsp3) is 0.733. The summed E-state index contributed by atoms with van der Waals surface area (Å²) in [6, 6.07) is 0. The molecule has 0 aliphatic heterocycles. The summed E-state index contributed by atoms with van der Waals surface area (Å²) in [4.78, 5) is 19.2. The van der Waals surface area contributed by atoms with Gasteiger partial charge >= 0.3 is 0 Å². The van der Waals surface area contributed by atoms with Crippen LogP contribution in [0.5, 0.6) is 0 Å². The smallest absolute Gasteiger partial charge is 0.221 e. The van der Waals surface area contributed by atoms with Crippen molar-refractivity contribution in [2.24, 2.45) is 0 Å². The minimum absolute atomic E-state index is 0.0503. The topological polar surface area (TPSA) is 69.8 Å². The molecular weight excluding hydrogens is 288 g/mol. The molecule has 0 saturated heterocycles. The van der Waals surface area contributed by atoms with Crippen LogP contribution in [-0.4, -0.2) is 28.0 Å². The molecule has 1 amide bonds. The standard InChI is InChI=1S/C15H27ClN4O/c1-5-6-7-12-18-11(14(16)19-12)10-17-9-8-13(21)20-15(2,3)4/h17H,5-10H2,1-4H3,(H,18,19)(H,20,21). The number of carbonyl (C=O) groups excluding carboxylic acids is 1. The summed E-state index contributed by atoms with van der Waals surface area (Å²) in [5.41, 5.74) is 0.705. The van der Waals surface area contributed by atoms with Gasteiger partial charge in [-0.1, -0.05) is 24.9 Å². The van der Waals surface area contributed by atoms with E-state index in [1.165, 1.54) is 0 Å². The van der Waals surface area contributed by atoms with Gasteiger partial charge in [0.25, 0.3) is 0 Å². The van der Waals surface area contributed by atoms with Gasteiger partial charge in [-0.25, -0.2) is 4.98 Å². The summed E-state index contributed by atoms with van der Waals surface area (Å²) in [6.45, 7) is 9.28. The lowest BCUT2D eigenvalue weighted by Gasteiger charge is -2.20. The normalized spacial score (nSPS) is 11.7. The van der Waals surface area contributed by atoms with Crippen molar-refractivity contribution in [2.45, 2.75) is 65.5 Å². The minimum Gasteiger partial charge on any atom is -0.351 e. The first-order valence-electron chi connectivity index (χ1n) is 7.57. The molecule has 5 nitrogen and oxygen atoms in total. The van der Waals surface area contributed by atoms with Crippen molar-refractivity contribution in [3.63, 3.8) is 0 Å². The fourth-order valence-electron chi connectivity index (χ4n) is 1.92. The van der Waals surface area contributed by atoms with Gasteiger partial charge < -0.3 is 15.6 Å². The molecule has 0 aliphatic carbocycles. The molecule has 6 heteroatoms. The van der Waals surface area contributed by atoms with Crippen molar-refractivity contribution in [1.82, 2.24) is 20.6 Å². The number of carbonyl (C=O) groups is 1. The van der Waals surface area contributed by atoms with Gasteiger partial charge in [-0.05, 0) is 27.2 Å². The van der Waals surface area contributed by atoms with Crippen molar-refractivity contribution in [2.75, 3.05) is 6.54 Å². The highest BCUT2D eigenvalue weighted by atomic mass is 35.5. The Morgan fingerprint density at radius 3 is 2.71 bits per heavy atom. The number of hydrogen-bond donors (Lipinski definition) is 3. The van der Waals surface area contributed by atoms with Gasteiger partial charge in [0.15, 0.2) is 5.15 Å². The van der Waals surface area contributed by atoms with E-state index < -0.39 is 0 Å². The number of nitrogens with one attached hydrogen (secondary N) is 3. The van der Waals surface area contributed by atoms with E-state index in [9.17, 15) is 4.79 Å². The maximum atomic E-state index is 11.7. The van der Waals surface area contributed by atoms with E-state index in [0.717, 1.165) is 30.8 Å². The Balaban J connectivity index is 2.29. The average molecular weight is 315 g/mol. The Morgan fingerprint density at radius 2 is 2.10 bits per heavy atom. The third-order valence-electron chi connectivity index (χ3n) is 2.89. The molecule has 1 heterocycles. The van der Waals surface area contributed by atoms with Crippen molar-refractivity contribution in [3.05, 3.63) is 16.7 Å². The maximum absolute atomic E-state index is 11.7. The molecule has 0 saturated carbocycles. The second-order valence-corrected chi connectivity index (χ2v) is 6.64. The van der Waals surface area contributed by atoms with Crippen LogP contribution in [0.2, 0.25) is 5.15 Å². The molecule has 0 radical (unpaired) electrons. The van der Waals surface area contributed by atoms with Gasteiger partial charge in [-0.15, -0.1) is 0 Å². The van der Waals surface area contributed by atoms with Gasteiger partial charge in [-0.2, -0.15) is 0 Å². The van der Waals surface area contributed by atoms with E-state index in [4.69, 9.17) is 11.6 Å². The molecular formula is C15H27ClN4O. The molecule has 0 bridgehead atoms. The van der Waals surface area contributed by atoms with E-state index in [2.05, 4.69) is 27.5 Å². The predicted molar refractivity (Wildman–Crippen MR) is 86.4 cm³/mol. The second-order valence-electron chi connectivity index (χ2n) is 6.28. The number of nitrogens with zero attached hydrogens (tertiary/aromatic N) is 1. The lowest BCUT2D eigenvalue weighted by Crippen LogP contribution is -2.41. The third-order valence-corrected chi connectivity index (χ3v) is 3.20. The Hall–Kier alpha value is -1.07. The summed E-state index contributed by atoms with van der Waals surface area (Å²) >= 11 is 6.09. The number of H-pyrrole nitrogens is 1. The Kier molecular flexibility index (Phi) is 7.18. The van der Waals surface area contributed by atoms with Crippen LogP contribution in [-0.2, 0) is 17.8 Å². The van der Waals surface area contributed by atoms with Gasteiger partial charge in [0.1, 0.15) is 5.82 Å². The van der Waals surface area contributed by atoms with Crippen LogP contribution in [0.4, 0.5) is 0 Å². The van der Waals surface area contributed by atoms with Crippen LogP contribution < -0.4 is 10.6 Å². The number of aromatic amines is 1. The van der Waals surface area contributed by atoms with Gasteiger partial charge in [0, 0.05) is 31.5 Å². The molecule has 0 unspecified atom stereocenters. The van der Waals surface area contributed by atoms with Crippen LogP contribution in [0, 0.1) is 0 Å². The first-order valence-corrected chi connectivity index (χ1v) is 7.94. The summed E-state index contributed by atoms with van der Waals surface area (Å²) in [5.74, 6) is 0.985. The molecule has 0 atom stereocenters. The molecule has 0 aliphatic rings. The molecule has 0 spiro atoms. The fourth-order valence-corrected chi connectivity index (χ4v) is 2.13. The largest absolute Gasteiger partial charge is 0.351 e. The average Bonchev–Trinajstić information content (AvgIpc) is 2.71.